The summed E-state index contributed by atoms with van der Waals surface area (Å²) in [6, 6.07) is 3.81. The summed E-state index contributed by atoms with van der Waals surface area (Å²) in [5.74, 6) is 0. The molecule has 1 heterocycles. The molecular formula is C10H15N3O2. The van der Waals surface area contributed by atoms with E-state index in [1.807, 2.05) is 12.1 Å². The Hall–Kier alpha value is -1.33. The molecule has 0 saturated heterocycles. The predicted molar refractivity (Wildman–Crippen MR) is 57.1 cm³/mol. The summed E-state index contributed by atoms with van der Waals surface area (Å²) in [6.07, 6.45) is 4.90. The number of pyridine rings is 1. The van der Waals surface area contributed by atoms with Crippen molar-refractivity contribution in [3.05, 3.63) is 35.0 Å². The highest BCUT2D eigenvalue weighted by Gasteiger charge is 2.09. The van der Waals surface area contributed by atoms with Crippen molar-refractivity contribution in [1.82, 2.24) is 10.3 Å². The van der Waals surface area contributed by atoms with Gasteiger partial charge in [-0.2, -0.15) is 0 Å². The number of hydrogen-bond donors (Lipinski definition) is 2. The van der Waals surface area contributed by atoms with E-state index in [2.05, 4.69) is 15.5 Å². The number of aliphatic hydroxyl groups excluding tert-OH is 1. The van der Waals surface area contributed by atoms with Gasteiger partial charge in [0.2, 0.25) is 0 Å². The number of nitroso groups, excluding NO2 is 1. The average molecular weight is 209 g/mol. The van der Waals surface area contributed by atoms with E-state index in [9.17, 15) is 4.91 Å². The summed E-state index contributed by atoms with van der Waals surface area (Å²) in [6.45, 7) is 0.220. The minimum absolute atomic E-state index is 0.0311. The maximum atomic E-state index is 10.0. The van der Waals surface area contributed by atoms with E-state index in [4.69, 9.17) is 5.11 Å². The molecule has 5 nitrogen and oxygen atoms in total. The first-order valence-corrected chi connectivity index (χ1v) is 4.91. The van der Waals surface area contributed by atoms with Crippen molar-refractivity contribution in [3.8, 4) is 0 Å². The van der Waals surface area contributed by atoms with Crippen molar-refractivity contribution >= 4 is 0 Å². The monoisotopic (exact) mass is 209 g/mol. The highest BCUT2D eigenvalue weighted by molar-refractivity contribution is 5.13. The largest absolute Gasteiger partial charge is 0.396 e. The van der Waals surface area contributed by atoms with Crippen molar-refractivity contribution in [3.63, 3.8) is 0 Å². The molecule has 0 aliphatic rings. The van der Waals surface area contributed by atoms with Gasteiger partial charge >= 0.3 is 0 Å². The fourth-order valence-corrected chi connectivity index (χ4v) is 1.41. The van der Waals surface area contributed by atoms with Crippen LogP contribution in [-0.2, 0) is 0 Å². The first kappa shape index (κ1) is 11.7. The highest BCUT2D eigenvalue weighted by Crippen LogP contribution is 2.16. The zero-order valence-corrected chi connectivity index (χ0v) is 8.47. The summed E-state index contributed by atoms with van der Waals surface area (Å²) in [4.78, 5) is 14.0. The molecule has 1 atom stereocenters. The number of aliphatic hydroxyl groups is 1. The molecule has 1 aromatic rings. The van der Waals surface area contributed by atoms with Crippen LogP contribution >= 0.6 is 0 Å². The van der Waals surface area contributed by atoms with Crippen LogP contribution in [-0.4, -0.2) is 23.4 Å². The summed E-state index contributed by atoms with van der Waals surface area (Å²) >= 11 is 0. The van der Waals surface area contributed by atoms with E-state index in [0.29, 0.717) is 6.42 Å². The Morgan fingerprint density at radius 1 is 1.60 bits per heavy atom. The lowest BCUT2D eigenvalue weighted by Crippen LogP contribution is -2.21. The van der Waals surface area contributed by atoms with E-state index < -0.39 is 0 Å². The van der Waals surface area contributed by atoms with Crippen LogP contribution < -0.4 is 5.32 Å². The molecular weight excluding hydrogens is 194 g/mol. The van der Waals surface area contributed by atoms with E-state index in [1.54, 1.807) is 12.4 Å². The SMILES string of the molecule is O=NCNC(CCCO)c1cccnc1. The fourth-order valence-electron chi connectivity index (χ4n) is 1.41. The van der Waals surface area contributed by atoms with Gasteiger partial charge in [0.15, 0.2) is 0 Å². The summed E-state index contributed by atoms with van der Waals surface area (Å²) in [5.41, 5.74) is 1.01. The molecule has 0 spiro atoms. The van der Waals surface area contributed by atoms with Gasteiger partial charge in [0.05, 0.1) is 0 Å². The Bertz CT molecular complexity index is 279. The Labute approximate surface area is 88.5 Å². The second kappa shape index (κ2) is 7.03. The highest BCUT2D eigenvalue weighted by atomic mass is 16.3. The number of hydrogen-bond acceptors (Lipinski definition) is 5. The van der Waals surface area contributed by atoms with Crippen LogP contribution in [0.4, 0.5) is 0 Å². The van der Waals surface area contributed by atoms with Crippen LogP contribution in [0.15, 0.2) is 29.7 Å². The maximum absolute atomic E-state index is 10.0. The van der Waals surface area contributed by atoms with Crippen LogP contribution in [0.3, 0.4) is 0 Å². The van der Waals surface area contributed by atoms with Crippen LogP contribution in [0.5, 0.6) is 0 Å². The van der Waals surface area contributed by atoms with Crippen LogP contribution in [0, 0.1) is 4.91 Å². The van der Waals surface area contributed by atoms with Gasteiger partial charge in [-0.1, -0.05) is 11.2 Å². The van der Waals surface area contributed by atoms with Gasteiger partial charge in [-0.25, -0.2) is 0 Å². The summed E-state index contributed by atoms with van der Waals surface area (Å²) < 4.78 is 0. The van der Waals surface area contributed by atoms with Crippen molar-refractivity contribution in [2.24, 2.45) is 5.18 Å². The van der Waals surface area contributed by atoms with Gasteiger partial charge in [0.25, 0.3) is 0 Å². The maximum Gasteiger partial charge on any atom is 0.131 e. The zero-order chi connectivity index (χ0) is 10.9. The molecule has 1 unspecified atom stereocenters. The minimum Gasteiger partial charge on any atom is -0.396 e. The number of nitrogens with one attached hydrogen (secondary N) is 1. The number of nitrogens with zero attached hydrogens (tertiary/aromatic N) is 2. The molecule has 15 heavy (non-hydrogen) atoms. The smallest absolute Gasteiger partial charge is 0.131 e. The second-order valence-electron chi connectivity index (χ2n) is 3.20. The molecule has 0 aliphatic carbocycles. The average Bonchev–Trinajstić information content (AvgIpc) is 2.30. The van der Waals surface area contributed by atoms with Crippen LogP contribution in [0.1, 0.15) is 24.4 Å². The molecule has 0 fully saturated rings. The Balaban J connectivity index is 2.58. The molecule has 1 rings (SSSR count). The van der Waals surface area contributed by atoms with Crippen LogP contribution in [0.2, 0.25) is 0 Å². The summed E-state index contributed by atoms with van der Waals surface area (Å²) in [5, 5.41) is 14.5. The molecule has 0 aliphatic heterocycles. The van der Waals surface area contributed by atoms with Crippen molar-refractivity contribution in [2.45, 2.75) is 18.9 Å². The van der Waals surface area contributed by atoms with E-state index in [0.717, 1.165) is 12.0 Å². The van der Waals surface area contributed by atoms with E-state index in [-0.39, 0.29) is 19.3 Å². The van der Waals surface area contributed by atoms with Gasteiger partial charge in [-0.05, 0) is 24.5 Å². The molecule has 2 N–H and O–H groups in total. The lowest BCUT2D eigenvalue weighted by molar-refractivity contribution is 0.275. The molecule has 82 valence electrons. The van der Waals surface area contributed by atoms with Gasteiger partial charge in [0.1, 0.15) is 6.67 Å². The number of rotatable bonds is 7. The van der Waals surface area contributed by atoms with Crippen molar-refractivity contribution in [2.75, 3.05) is 13.3 Å². The molecule has 0 amide bonds. The Morgan fingerprint density at radius 2 is 2.47 bits per heavy atom. The van der Waals surface area contributed by atoms with Crippen molar-refractivity contribution < 1.29 is 5.11 Å². The normalized spacial score (nSPS) is 12.3. The third-order valence-corrected chi connectivity index (χ3v) is 2.14. The Morgan fingerprint density at radius 3 is 3.07 bits per heavy atom. The first-order valence-electron chi connectivity index (χ1n) is 4.91. The molecule has 0 radical (unpaired) electrons. The minimum atomic E-state index is 0.0311. The van der Waals surface area contributed by atoms with E-state index in [1.165, 1.54) is 0 Å². The number of aromatic nitrogens is 1. The fraction of sp³-hybridized carbons (Fsp3) is 0.500. The Kier molecular flexibility index (Phi) is 5.50. The third-order valence-electron chi connectivity index (χ3n) is 2.14. The van der Waals surface area contributed by atoms with E-state index >= 15 is 0 Å². The molecule has 0 bridgehead atoms. The molecule has 0 saturated carbocycles. The molecule has 1 aromatic heterocycles. The zero-order valence-electron chi connectivity index (χ0n) is 8.47. The van der Waals surface area contributed by atoms with Gasteiger partial charge in [0, 0.05) is 25.0 Å². The van der Waals surface area contributed by atoms with Crippen LogP contribution in [0.25, 0.3) is 0 Å². The molecule has 0 aromatic carbocycles. The van der Waals surface area contributed by atoms with Gasteiger partial charge in [-0.3, -0.25) is 10.3 Å². The molecule has 5 heteroatoms. The second-order valence-corrected chi connectivity index (χ2v) is 3.20. The topological polar surface area (TPSA) is 74.6 Å². The third kappa shape index (κ3) is 4.14. The van der Waals surface area contributed by atoms with Gasteiger partial charge < -0.3 is 5.11 Å². The lowest BCUT2D eigenvalue weighted by atomic mass is 10.0. The van der Waals surface area contributed by atoms with Gasteiger partial charge in [-0.15, -0.1) is 4.91 Å². The standard InChI is InChI=1S/C10H15N3O2/c14-6-2-4-10(12-8-13-15)9-3-1-5-11-7-9/h1,3,5,7,10,12,14H,2,4,6,8H2. The first-order chi connectivity index (χ1) is 7.38. The van der Waals surface area contributed by atoms with Crippen molar-refractivity contribution in [1.29, 1.82) is 0 Å². The summed E-state index contributed by atoms with van der Waals surface area (Å²) in [7, 11) is 0. The quantitative estimate of drug-likeness (QED) is 0.662. The lowest BCUT2D eigenvalue weighted by Gasteiger charge is -2.16. The predicted octanol–water partition coefficient (Wildman–Crippen LogP) is 1.21.